The molecule has 1 aliphatic carbocycles. The maximum absolute atomic E-state index is 12.7. The average Bonchev–Trinajstić information content (AvgIpc) is 3.48. The molecule has 1 aromatic carbocycles. The summed E-state index contributed by atoms with van der Waals surface area (Å²) in [5, 5.41) is 9.54. The quantitative estimate of drug-likeness (QED) is 0.383. The fourth-order valence-electron chi connectivity index (χ4n) is 4.34. The van der Waals surface area contributed by atoms with E-state index in [4.69, 9.17) is 14.7 Å². The van der Waals surface area contributed by atoms with Gasteiger partial charge in [-0.3, -0.25) is 19.4 Å². The number of carbonyl (C=O) groups is 2. The highest BCUT2D eigenvalue weighted by Crippen LogP contribution is 2.45. The highest BCUT2D eigenvalue weighted by atomic mass is 32.1. The fraction of sp³-hybridized carbons (Fsp3) is 0.269. The van der Waals surface area contributed by atoms with Crippen molar-refractivity contribution in [2.24, 2.45) is 0 Å². The zero-order valence-electron chi connectivity index (χ0n) is 21.2. The summed E-state index contributed by atoms with van der Waals surface area (Å²) >= 11 is 1.42. The standard InChI is InChI=1S/C26H26N6O4S/c1-14-6-7-17(13-27-14)22-18-9-10-19-24(37-26(29-19)28-15(2)33)23(18)32(30-22)20-11-8-16(12-21(20)35-4)25(34)31(3)36-5/h6-8,11-13H,9-10H2,1-5H3,(H,28,29,33). The summed E-state index contributed by atoms with van der Waals surface area (Å²) in [6.45, 7) is 3.41. The number of aryl methyl sites for hydroxylation is 2. The van der Waals surface area contributed by atoms with Crippen LogP contribution >= 0.6 is 11.3 Å². The van der Waals surface area contributed by atoms with Gasteiger partial charge in [-0.15, -0.1) is 0 Å². The number of hydrogen-bond donors (Lipinski definition) is 1. The van der Waals surface area contributed by atoms with Gasteiger partial charge in [-0.05, 0) is 50.1 Å². The van der Waals surface area contributed by atoms with Gasteiger partial charge in [0.15, 0.2) is 5.13 Å². The lowest BCUT2D eigenvalue weighted by molar-refractivity contribution is -0.114. The minimum absolute atomic E-state index is 0.172. The molecule has 0 spiro atoms. The van der Waals surface area contributed by atoms with E-state index in [0.29, 0.717) is 22.1 Å². The topological polar surface area (TPSA) is 111 Å². The molecule has 3 heterocycles. The summed E-state index contributed by atoms with van der Waals surface area (Å²) in [5.41, 5.74) is 6.60. The number of carbonyl (C=O) groups excluding carboxylic acids is 2. The Hall–Kier alpha value is -4.09. The summed E-state index contributed by atoms with van der Waals surface area (Å²) in [6.07, 6.45) is 3.28. The molecular formula is C26H26N6O4S. The van der Waals surface area contributed by atoms with Crippen molar-refractivity contribution in [1.82, 2.24) is 24.8 Å². The molecule has 0 saturated carbocycles. The molecule has 0 radical (unpaired) electrons. The van der Waals surface area contributed by atoms with E-state index in [-0.39, 0.29) is 11.8 Å². The Labute approximate surface area is 217 Å². The fourth-order valence-corrected chi connectivity index (χ4v) is 5.45. The predicted octanol–water partition coefficient (Wildman–Crippen LogP) is 4.07. The molecule has 5 rings (SSSR count). The molecule has 10 nitrogen and oxygen atoms in total. The minimum atomic E-state index is -0.300. The van der Waals surface area contributed by atoms with E-state index in [9.17, 15) is 9.59 Å². The smallest absolute Gasteiger partial charge is 0.277 e. The number of pyridine rings is 1. The molecule has 1 aliphatic rings. The number of benzene rings is 1. The third kappa shape index (κ3) is 4.47. The average molecular weight is 519 g/mol. The maximum atomic E-state index is 12.7. The molecular weight excluding hydrogens is 492 g/mol. The number of aromatic nitrogens is 4. The number of amides is 2. The van der Waals surface area contributed by atoms with Crippen LogP contribution in [0.4, 0.5) is 5.13 Å². The summed E-state index contributed by atoms with van der Waals surface area (Å²) in [6, 6.07) is 9.18. The van der Waals surface area contributed by atoms with Gasteiger partial charge in [-0.25, -0.2) is 14.7 Å². The number of fused-ring (bicyclic) bond motifs is 3. The largest absolute Gasteiger partial charge is 0.494 e. The molecule has 0 aliphatic heterocycles. The predicted molar refractivity (Wildman–Crippen MR) is 140 cm³/mol. The minimum Gasteiger partial charge on any atom is -0.494 e. The maximum Gasteiger partial charge on any atom is 0.277 e. The van der Waals surface area contributed by atoms with E-state index in [2.05, 4.69) is 15.3 Å². The summed E-state index contributed by atoms with van der Waals surface area (Å²) in [5.74, 6) is 0.00751. The van der Waals surface area contributed by atoms with E-state index in [1.807, 2.05) is 36.0 Å². The number of ether oxygens (including phenoxy) is 1. The number of hydrogen-bond acceptors (Lipinski definition) is 8. The molecule has 1 N–H and O–H groups in total. The van der Waals surface area contributed by atoms with Crippen LogP contribution in [0.25, 0.3) is 27.5 Å². The molecule has 0 bridgehead atoms. The van der Waals surface area contributed by atoms with Crippen molar-refractivity contribution in [3.8, 4) is 33.3 Å². The van der Waals surface area contributed by atoms with E-state index >= 15 is 0 Å². The van der Waals surface area contributed by atoms with Crippen LogP contribution in [0, 0.1) is 6.92 Å². The van der Waals surface area contributed by atoms with E-state index in [0.717, 1.165) is 56.7 Å². The lowest BCUT2D eigenvalue weighted by Gasteiger charge is -2.17. The highest BCUT2D eigenvalue weighted by molar-refractivity contribution is 7.19. The van der Waals surface area contributed by atoms with Crippen LogP contribution in [0.15, 0.2) is 36.5 Å². The van der Waals surface area contributed by atoms with Crippen LogP contribution in [-0.4, -0.2) is 57.9 Å². The van der Waals surface area contributed by atoms with E-state index in [1.54, 1.807) is 26.3 Å². The van der Waals surface area contributed by atoms with Crippen molar-refractivity contribution in [1.29, 1.82) is 0 Å². The van der Waals surface area contributed by atoms with Crippen LogP contribution < -0.4 is 10.1 Å². The second-order valence-corrected chi connectivity index (χ2v) is 9.62. The first-order chi connectivity index (χ1) is 17.8. The van der Waals surface area contributed by atoms with Gasteiger partial charge in [-0.2, -0.15) is 5.10 Å². The molecule has 0 unspecified atom stereocenters. The Kier molecular flexibility index (Phi) is 6.48. The second-order valence-electron chi connectivity index (χ2n) is 8.62. The van der Waals surface area contributed by atoms with Gasteiger partial charge in [0.1, 0.15) is 11.4 Å². The number of nitrogens with zero attached hydrogens (tertiary/aromatic N) is 5. The van der Waals surface area contributed by atoms with Crippen LogP contribution in [0.1, 0.15) is 34.2 Å². The van der Waals surface area contributed by atoms with Crippen molar-refractivity contribution in [2.45, 2.75) is 26.7 Å². The molecule has 2 amide bonds. The number of hydroxylamine groups is 2. The molecule has 3 aromatic heterocycles. The monoisotopic (exact) mass is 518 g/mol. The van der Waals surface area contributed by atoms with Gasteiger partial charge >= 0.3 is 0 Å². The first kappa shape index (κ1) is 24.6. The normalized spacial score (nSPS) is 12.0. The zero-order chi connectivity index (χ0) is 26.3. The Balaban J connectivity index is 1.71. The Morgan fingerprint density at radius 3 is 2.65 bits per heavy atom. The molecule has 4 aromatic rings. The Morgan fingerprint density at radius 1 is 1.16 bits per heavy atom. The summed E-state index contributed by atoms with van der Waals surface area (Å²) < 4.78 is 7.56. The van der Waals surface area contributed by atoms with Gasteiger partial charge in [-0.1, -0.05) is 11.3 Å². The zero-order valence-corrected chi connectivity index (χ0v) is 22.0. The molecule has 0 fully saturated rings. The third-order valence-corrected chi connectivity index (χ3v) is 7.21. The number of anilines is 1. The third-order valence-electron chi connectivity index (χ3n) is 6.19. The lowest BCUT2D eigenvalue weighted by Crippen LogP contribution is -2.25. The SMILES string of the molecule is COc1cc(C(=O)N(C)OC)ccc1-n1nc(-c2ccc(C)nc2)c2c1-c1sc(NC(C)=O)nc1CC2. The van der Waals surface area contributed by atoms with Crippen molar-refractivity contribution in [2.75, 3.05) is 26.6 Å². The molecule has 0 saturated heterocycles. The van der Waals surface area contributed by atoms with Crippen LogP contribution in [0.2, 0.25) is 0 Å². The molecule has 190 valence electrons. The number of rotatable bonds is 6. The van der Waals surface area contributed by atoms with Crippen molar-refractivity contribution in [3.63, 3.8) is 0 Å². The second kappa shape index (κ2) is 9.75. The first-order valence-corrected chi connectivity index (χ1v) is 12.5. The van der Waals surface area contributed by atoms with Gasteiger partial charge in [0.2, 0.25) is 5.91 Å². The van der Waals surface area contributed by atoms with E-state index in [1.165, 1.54) is 25.4 Å². The highest BCUT2D eigenvalue weighted by Gasteiger charge is 2.31. The summed E-state index contributed by atoms with van der Waals surface area (Å²) in [4.78, 5) is 39.5. The van der Waals surface area contributed by atoms with Gasteiger partial charge in [0.05, 0.1) is 36.2 Å². The van der Waals surface area contributed by atoms with Crippen molar-refractivity contribution in [3.05, 3.63) is 59.0 Å². The number of methoxy groups -OCH3 is 1. The number of thiazole rings is 1. The molecule has 37 heavy (non-hydrogen) atoms. The van der Waals surface area contributed by atoms with Gasteiger partial charge < -0.3 is 10.1 Å². The Morgan fingerprint density at radius 2 is 1.97 bits per heavy atom. The van der Waals surface area contributed by atoms with E-state index < -0.39 is 0 Å². The van der Waals surface area contributed by atoms with Crippen LogP contribution in [0.5, 0.6) is 5.75 Å². The Bertz CT molecular complexity index is 1510. The van der Waals surface area contributed by atoms with Gasteiger partial charge in [0.25, 0.3) is 5.91 Å². The van der Waals surface area contributed by atoms with Crippen molar-refractivity contribution < 1.29 is 19.2 Å². The molecule has 11 heteroatoms. The lowest BCUT2D eigenvalue weighted by atomic mass is 9.95. The van der Waals surface area contributed by atoms with Crippen LogP contribution in [-0.2, 0) is 22.5 Å². The first-order valence-electron chi connectivity index (χ1n) is 11.6. The molecule has 0 atom stereocenters. The van der Waals surface area contributed by atoms with Gasteiger partial charge in [0, 0.05) is 42.6 Å². The number of nitrogens with one attached hydrogen (secondary N) is 1. The van der Waals surface area contributed by atoms with Crippen molar-refractivity contribution >= 4 is 28.3 Å². The summed E-state index contributed by atoms with van der Waals surface area (Å²) in [7, 11) is 4.54. The van der Waals surface area contributed by atoms with Crippen LogP contribution in [0.3, 0.4) is 0 Å².